The molecule has 0 saturated carbocycles. The lowest BCUT2D eigenvalue weighted by atomic mass is 9.91. The molecule has 14 heavy (non-hydrogen) atoms. The topological polar surface area (TPSA) is 18.5 Å². The lowest BCUT2D eigenvalue weighted by Crippen LogP contribution is -2.18. The van der Waals surface area contributed by atoms with E-state index in [1.165, 1.54) is 11.1 Å². The highest BCUT2D eigenvalue weighted by Crippen LogP contribution is 2.42. The third kappa shape index (κ3) is 0.925. The van der Waals surface area contributed by atoms with Crippen LogP contribution in [0, 0.1) is 6.92 Å². The number of rotatable bonds is 0. The van der Waals surface area contributed by atoms with Gasteiger partial charge in [-0.1, -0.05) is 24.8 Å². The van der Waals surface area contributed by atoms with Gasteiger partial charge in [0, 0.05) is 5.56 Å². The van der Waals surface area contributed by atoms with Crippen molar-refractivity contribution in [1.29, 1.82) is 0 Å². The van der Waals surface area contributed by atoms with Crippen LogP contribution >= 0.6 is 0 Å². The standard InChI is InChI=1S/C12H12O2/c1-7-4-3-5-9-11(7)8(2)10-6-13-12(9)14-10/h3-5,10,12H,2,6H2,1H3/t10-,12-/m0/s1. The second-order valence-corrected chi connectivity index (χ2v) is 3.85. The van der Waals surface area contributed by atoms with Gasteiger partial charge in [0.15, 0.2) is 6.29 Å². The highest BCUT2D eigenvalue weighted by atomic mass is 16.7. The summed E-state index contributed by atoms with van der Waals surface area (Å²) in [5, 5.41) is 0. The lowest BCUT2D eigenvalue weighted by molar-refractivity contribution is -0.0559. The average molecular weight is 188 g/mol. The van der Waals surface area contributed by atoms with Crippen molar-refractivity contribution in [3.8, 4) is 0 Å². The molecule has 1 saturated heterocycles. The second kappa shape index (κ2) is 2.69. The Kier molecular flexibility index (Phi) is 1.58. The van der Waals surface area contributed by atoms with Gasteiger partial charge in [0.25, 0.3) is 0 Å². The molecule has 1 aromatic carbocycles. The van der Waals surface area contributed by atoms with Crippen molar-refractivity contribution in [2.24, 2.45) is 0 Å². The molecule has 0 amide bonds. The van der Waals surface area contributed by atoms with Crippen LogP contribution in [0.1, 0.15) is 23.0 Å². The SMILES string of the molecule is C=C1c2c(C)cccc2[C@H]2OC[C@@H]1O2. The first-order valence-electron chi connectivity index (χ1n) is 4.83. The molecule has 2 heteroatoms. The monoisotopic (exact) mass is 188 g/mol. The van der Waals surface area contributed by atoms with Gasteiger partial charge in [-0.25, -0.2) is 0 Å². The van der Waals surface area contributed by atoms with Crippen LogP contribution in [0.5, 0.6) is 0 Å². The molecule has 2 atom stereocenters. The molecule has 2 heterocycles. The van der Waals surface area contributed by atoms with Gasteiger partial charge in [-0.3, -0.25) is 0 Å². The van der Waals surface area contributed by atoms with Gasteiger partial charge in [-0.05, 0) is 23.6 Å². The number of fused-ring (bicyclic) bond motifs is 4. The van der Waals surface area contributed by atoms with Gasteiger partial charge in [0.05, 0.1) is 6.61 Å². The van der Waals surface area contributed by atoms with E-state index in [9.17, 15) is 0 Å². The van der Waals surface area contributed by atoms with Crippen molar-refractivity contribution in [1.82, 2.24) is 0 Å². The van der Waals surface area contributed by atoms with Gasteiger partial charge in [0.1, 0.15) is 6.10 Å². The van der Waals surface area contributed by atoms with E-state index in [-0.39, 0.29) is 12.4 Å². The minimum absolute atomic E-state index is 0.0635. The molecular formula is C12H12O2. The summed E-state index contributed by atoms with van der Waals surface area (Å²) >= 11 is 0. The second-order valence-electron chi connectivity index (χ2n) is 3.85. The van der Waals surface area contributed by atoms with E-state index >= 15 is 0 Å². The maximum Gasteiger partial charge on any atom is 0.185 e. The number of ether oxygens (including phenoxy) is 2. The molecule has 2 bridgehead atoms. The summed E-state index contributed by atoms with van der Waals surface area (Å²) in [6.07, 6.45) is -0.103. The molecule has 0 spiro atoms. The Balaban J connectivity index is 2.26. The fraction of sp³-hybridized carbons (Fsp3) is 0.333. The maximum absolute atomic E-state index is 5.67. The van der Waals surface area contributed by atoms with Crippen LogP contribution in [0.25, 0.3) is 5.57 Å². The zero-order valence-corrected chi connectivity index (χ0v) is 8.12. The molecular weight excluding hydrogens is 176 g/mol. The van der Waals surface area contributed by atoms with Gasteiger partial charge >= 0.3 is 0 Å². The van der Waals surface area contributed by atoms with Gasteiger partial charge in [-0.2, -0.15) is 0 Å². The summed E-state index contributed by atoms with van der Waals surface area (Å²) in [6, 6.07) is 6.20. The van der Waals surface area contributed by atoms with E-state index in [0.717, 1.165) is 11.1 Å². The molecule has 0 aliphatic carbocycles. The average Bonchev–Trinajstić information content (AvgIpc) is 2.60. The summed E-state index contributed by atoms with van der Waals surface area (Å²) in [5.74, 6) is 0. The summed E-state index contributed by atoms with van der Waals surface area (Å²) in [4.78, 5) is 0. The summed E-state index contributed by atoms with van der Waals surface area (Å²) in [6.45, 7) is 6.83. The zero-order valence-electron chi connectivity index (χ0n) is 8.12. The van der Waals surface area contributed by atoms with Gasteiger partial charge in [-0.15, -0.1) is 0 Å². The van der Waals surface area contributed by atoms with E-state index in [1.54, 1.807) is 0 Å². The fourth-order valence-electron chi connectivity index (χ4n) is 2.23. The Bertz CT molecular complexity index is 409. The van der Waals surface area contributed by atoms with Gasteiger partial charge in [0.2, 0.25) is 0 Å². The molecule has 1 aromatic rings. The third-order valence-electron chi connectivity index (χ3n) is 2.96. The number of hydrogen-bond acceptors (Lipinski definition) is 2. The Morgan fingerprint density at radius 1 is 1.43 bits per heavy atom. The highest BCUT2D eigenvalue weighted by Gasteiger charge is 2.37. The normalized spacial score (nSPS) is 29.1. The summed E-state index contributed by atoms with van der Waals surface area (Å²) < 4.78 is 11.2. The zero-order chi connectivity index (χ0) is 9.71. The number of aryl methyl sites for hydroxylation is 1. The van der Waals surface area contributed by atoms with Gasteiger partial charge < -0.3 is 9.47 Å². The van der Waals surface area contributed by atoms with Crippen molar-refractivity contribution >= 4 is 5.57 Å². The first kappa shape index (κ1) is 8.21. The lowest BCUT2D eigenvalue weighted by Gasteiger charge is -2.25. The molecule has 2 aliphatic heterocycles. The molecule has 0 radical (unpaired) electrons. The molecule has 0 aromatic heterocycles. The maximum atomic E-state index is 5.67. The van der Waals surface area contributed by atoms with Crippen LogP contribution in [0.3, 0.4) is 0 Å². The third-order valence-corrected chi connectivity index (χ3v) is 2.96. The van der Waals surface area contributed by atoms with Crippen molar-refractivity contribution in [3.05, 3.63) is 41.5 Å². The quantitative estimate of drug-likeness (QED) is 0.622. The Hall–Kier alpha value is -1.12. The van der Waals surface area contributed by atoms with E-state index < -0.39 is 0 Å². The van der Waals surface area contributed by atoms with Crippen LogP contribution in [-0.2, 0) is 9.47 Å². The largest absolute Gasteiger partial charge is 0.345 e. The molecule has 72 valence electrons. The van der Waals surface area contributed by atoms with E-state index in [2.05, 4.69) is 25.6 Å². The van der Waals surface area contributed by atoms with E-state index in [0.29, 0.717) is 6.61 Å². The van der Waals surface area contributed by atoms with Crippen LogP contribution < -0.4 is 0 Å². The molecule has 2 nitrogen and oxygen atoms in total. The van der Waals surface area contributed by atoms with Crippen molar-refractivity contribution in [2.75, 3.05) is 6.61 Å². The first-order chi connectivity index (χ1) is 6.77. The van der Waals surface area contributed by atoms with Crippen LogP contribution in [0.15, 0.2) is 24.8 Å². The van der Waals surface area contributed by atoms with Crippen LogP contribution in [0.4, 0.5) is 0 Å². The minimum atomic E-state index is -0.166. The Morgan fingerprint density at radius 3 is 3.14 bits per heavy atom. The molecule has 3 rings (SSSR count). The highest BCUT2D eigenvalue weighted by molar-refractivity contribution is 5.74. The minimum Gasteiger partial charge on any atom is -0.345 e. The fourth-order valence-corrected chi connectivity index (χ4v) is 2.23. The molecule has 0 unspecified atom stereocenters. The number of benzene rings is 1. The Morgan fingerprint density at radius 2 is 2.29 bits per heavy atom. The molecule has 2 aliphatic rings. The number of hydrogen-bond donors (Lipinski definition) is 0. The van der Waals surface area contributed by atoms with Crippen LogP contribution in [0.2, 0.25) is 0 Å². The Labute approximate surface area is 83.1 Å². The van der Waals surface area contributed by atoms with Crippen molar-refractivity contribution in [3.63, 3.8) is 0 Å². The van der Waals surface area contributed by atoms with Crippen molar-refractivity contribution < 1.29 is 9.47 Å². The van der Waals surface area contributed by atoms with E-state index in [1.807, 2.05) is 6.07 Å². The first-order valence-corrected chi connectivity index (χ1v) is 4.83. The van der Waals surface area contributed by atoms with Crippen LogP contribution in [-0.4, -0.2) is 12.7 Å². The smallest absolute Gasteiger partial charge is 0.185 e. The molecule has 1 fully saturated rings. The summed E-state index contributed by atoms with van der Waals surface area (Å²) in [7, 11) is 0. The molecule has 0 N–H and O–H groups in total. The van der Waals surface area contributed by atoms with Crippen molar-refractivity contribution in [2.45, 2.75) is 19.3 Å². The van der Waals surface area contributed by atoms with E-state index in [4.69, 9.17) is 9.47 Å². The summed E-state index contributed by atoms with van der Waals surface area (Å²) in [5.41, 5.74) is 4.69. The predicted octanol–water partition coefficient (Wildman–Crippen LogP) is 2.44. The predicted molar refractivity (Wildman–Crippen MR) is 53.8 cm³/mol.